The molecule has 1 aromatic rings. The average molecular weight is 271 g/mol. The molecule has 1 N–H and O–H groups in total. The Morgan fingerprint density at radius 2 is 2.07 bits per heavy atom. The predicted octanol–water partition coefficient (Wildman–Crippen LogP) is 2.90. The highest BCUT2D eigenvalue weighted by Crippen LogP contribution is 2.15. The molecule has 3 nitrogen and oxygen atoms in total. The second-order valence-electron chi connectivity index (χ2n) is 3.39. The molecule has 0 atom stereocenters. The average Bonchev–Trinajstić information content (AvgIpc) is 2.65. The van der Waals surface area contributed by atoms with Gasteiger partial charge in [0.2, 0.25) is 0 Å². The van der Waals surface area contributed by atoms with Crippen molar-refractivity contribution in [1.29, 1.82) is 0 Å². The lowest BCUT2D eigenvalue weighted by atomic mass is 10.1. The zero-order valence-electron chi connectivity index (χ0n) is 8.02. The van der Waals surface area contributed by atoms with Crippen molar-refractivity contribution in [2.75, 3.05) is 11.8 Å². The monoisotopic (exact) mass is 269 g/mol. The van der Waals surface area contributed by atoms with Crippen LogP contribution < -0.4 is 5.32 Å². The zero-order valence-corrected chi connectivity index (χ0v) is 10.3. The van der Waals surface area contributed by atoms with Gasteiger partial charge in [-0.1, -0.05) is 0 Å². The number of halogens is 3. The van der Waals surface area contributed by atoms with E-state index in [0.717, 1.165) is 0 Å². The van der Waals surface area contributed by atoms with Crippen LogP contribution in [0.25, 0.3) is 0 Å². The van der Waals surface area contributed by atoms with Crippen molar-refractivity contribution in [2.45, 2.75) is 12.5 Å². The number of amides is 1. The van der Waals surface area contributed by atoms with Gasteiger partial charge < -0.3 is 9.73 Å². The Balaban J connectivity index is 2.71. The molecule has 1 rings (SSSR count). The molecule has 0 spiro atoms. The van der Waals surface area contributed by atoms with Crippen molar-refractivity contribution in [3.05, 3.63) is 23.1 Å². The summed E-state index contributed by atoms with van der Waals surface area (Å²) in [6, 6.07) is 2.98. The van der Waals surface area contributed by atoms with Gasteiger partial charge in [0.1, 0.15) is 0 Å². The molecule has 0 saturated heterocycles. The Hall–Kier alpha value is -0.380. The molecule has 15 heavy (non-hydrogen) atoms. The van der Waals surface area contributed by atoms with Gasteiger partial charge in [-0.05, 0) is 30.7 Å². The normalized spacial score (nSPS) is 11.5. The maximum Gasteiger partial charge on any atom is 0.287 e. The van der Waals surface area contributed by atoms with Crippen LogP contribution in [0.4, 0.5) is 0 Å². The maximum atomic E-state index is 11.6. The zero-order chi connectivity index (χ0) is 11.5. The van der Waals surface area contributed by atoms with Crippen molar-refractivity contribution in [1.82, 2.24) is 5.32 Å². The number of carbonyl (C=O) groups is 1. The van der Waals surface area contributed by atoms with E-state index >= 15 is 0 Å². The van der Waals surface area contributed by atoms with Crippen LogP contribution in [-0.2, 0) is 0 Å². The molecule has 1 heterocycles. The molecular weight excluding hydrogens is 260 g/mol. The summed E-state index contributed by atoms with van der Waals surface area (Å²) in [5, 5.41) is 2.83. The fourth-order valence-corrected chi connectivity index (χ4v) is 1.44. The summed E-state index contributed by atoms with van der Waals surface area (Å²) in [6.07, 6.45) is 0. The van der Waals surface area contributed by atoms with Crippen LogP contribution >= 0.6 is 34.8 Å². The van der Waals surface area contributed by atoms with E-state index in [9.17, 15) is 4.79 Å². The smallest absolute Gasteiger partial charge is 0.287 e. The molecule has 0 saturated carbocycles. The third kappa shape index (κ3) is 3.30. The lowest BCUT2D eigenvalue weighted by Gasteiger charge is -2.25. The summed E-state index contributed by atoms with van der Waals surface area (Å²) >= 11 is 16.9. The first-order valence-corrected chi connectivity index (χ1v) is 5.65. The van der Waals surface area contributed by atoms with Crippen LogP contribution in [0.2, 0.25) is 5.22 Å². The minimum Gasteiger partial charge on any atom is -0.440 e. The first kappa shape index (κ1) is 12.7. The molecule has 0 bridgehead atoms. The van der Waals surface area contributed by atoms with Gasteiger partial charge in [-0.15, -0.1) is 23.2 Å². The summed E-state index contributed by atoms with van der Waals surface area (Å²) in [4.78, 5) is 11.6. The first-order chi connectivity index (χ1) is 7.00. The Bertz CT molecular complexity index is 347. The fraction of sp³-hybridized carbons (Fsp3) is 0.444. The number of nitrogens with one attached hydrogen (secondary N) is 1. The first-order valence-electron chi connectivity index (χ1n) is 4.20. The highest BCUT2D eigenvalue weighted by atomic mass is 35.5. The largest absolute Gasteiger partial charge is 0.440 e. The van der Waals surface area contributed by atoms with E-state index in [4.69, 9.17) is 39.2 Å². The number of hydrogen-bond acceptors (Lipinski definition) is 2. The Kier molecular flexibility index (Phi) is 4.32. The van der Waals surface area contributed by atoms with E-state index in [1.54, 1.807) is 6.92 Å². The van der Waals surface area contributed by atoms with Gasteiger partial charge in [-0.2, -0.15) is 0 Å². The predicted molar refractivity (Wildman–Crippen MR) is 61.0 cm³/mol. The quantitative estimate of drug-likeness (QED) is 0.855. The molecule has 0 aliphatic rings. The summed E-state index contributed by atoms with van der Waals surface area (Å²) in [6.45, 7) is 1.75. The lowest BCUT2D eigenvalue weighted by Crippen LogP contribution is -2.49. The second kappa shape index (κ2) is 5.10. The summed E-state index contributed by atoms with van der Waals surface area (Å²) in [7, 11) is 0. The van der Waals surface area contributed by atoms with E-state index in [1.165, 1.54) is 12.1 Å². The third-order valence-corrected chi connectivity index (χ3v) is 3.19. The highest BCUT2D eigenvalue weighted by Gasteiger charge is 2.26. The van der Waals surface area contributed by atoms with Crippen LogP contribution in [0.15, 0.2) is 16.5 Å². The van der Waals surface area contributed by atoms with Gasteiger partial charge in [0.25, 0.3) is 5.91 Å². The molecule has 0 unspecified atom stereocenters. The molecule has 6 heteroatoms. The number of alkyl halides is 2. The maximum absolute atomic E-state index is 11.6. The molecule has 0 fully saturated rings. The van der Waals surface area contributed by atoms with Gasteiger partial charge in [-0.3, -0.25) is 4.79 Å². The summed E-state index contributed by atoms with van der Waals surface area (Å²) in [5.41, 5.74) is -0.653. The van der Waals surface area contributed by atoms with Crippen molar-refractivity contribution < 1.29 is 9.21 Å². The highest BCUT2D eigenvalue weighted by molar-refractivity contribution is 6.29. The molecule has 0 aromatic carbocycles. The van der Waals surface area contributed by atoms with E-state index in [0.29, 0.717) is 0 Å². The Morgan fingerprint density at radius 3 is 2.47 bits per heavy atom. The minimum atomic E-state index is -0.653. The molecular formula is C9H10Cl3NO2. The number of furan rings is 1. The van der Waals surface area contributed by atoms with Gasteiger partial charge in [-0.25, -0.2) is 0 Å². The van der Waals surface area contributed by atoms with E-state index in [1.807, 2.05) is 0 Å². The number of rotatable bonds is 4. The van der Waals surface area contributed by atoms with Crippen molar-refractivity contribution in [3.63, 3.8) is 0 Å². The second-order valence-corrected chi connectivity index (χ2v) is 4.29. The van der Waals surface area contributed by atoms with Gasteiger partial charge in [0.15, 0.2) is 11.0 Å². The number of hydrogen-bond donors (Lipinski definition) is 1. The van der Waals surface area contributed by atoms with Gasteiger partial charge in [0, 0.05) is 11.8 Å². The fourth-order valence-electron chi connectivity index (χ4n) is 0.875. The van der Waals surface area contributed by atoms with Crippen molar-refractivity contribution >= 4 is 40.7 Å². The van der Waals surface area contributed by atoms with Crippen LogP contribution in [0.1, 0.15) is 17.5 Å². The third-order valence-electron chi connectivity index (χ3n) is 1.80. The Labute approximate surface area is 103 Å². The minimum absolute atomic E-state index is 0.140. The van der Waals surface area contributed by atoms with Gasteiger partial charge in [0.05, 0.1) is 5.54 Å². The molecule has 1 aromatic heterocycles. The van der Waals surface area contributed by atoms with Crippen LogP contribution in [0.5, 0.6) is 0 Å². The number of carbonyl (C=O) groups excluding carboxylic acids is 1. The Morgan fingerprint density at radius 1 is 1.47 bits per heavy atom. The molecule has 84 valence electrons. The molecule has 0 radical (unpaired) electrons. The van der Waals surface area contributed by atoms with E-state index in [2.05, 4.69) is 5.32 Å². The van der Waals surface area contributed by atoms with Crippen LogP contribution in [0.3, 0.4) is 0 Å². The molecule has 0 aliphatic carbocycles. The molecule has 1 amide bonds. The van der Waals surface area contributed by atoms with Gasteiger partial charge >= 0.3 is 0 Å². The summed E-state index contributed by atoms with van der Waals surface area (Å²) < 4.78 is 4.95. The molecule has 0 aliphatic heterocycles. The van der Waals surface area contributed by atoms with Crippen molar-refractivity contribution in [2.24, 2.45) is 0 Å². The van der Waals surface area contributed by atoms with E-state index in [-0.39, 0.29) is 28.6 Å². The summed E-state index contributed by atoms with van der Waals surface area (Å²) in [5.74, 6) is 0.194. The topological polar surface area (TPSA) is 42.2 Å². The van der Waals surface area contributed by atoms with Crippen LogP contribution in [-0.4, -0.2) is 23.2 Å². The van der Waals surface area contributed by atoms with Crippen LogP contribution in [0, 0.1) is 0 Å². The van der Waals surface area contributed by atoms with E-state index < -0.39 is 5.54 Å². The lowest BCUT2D eigenvalue weighted by molar-refractivity contribution is 0.0893. The standard InChI is InChI=1S/C9H10Cl3NO2/c1-9(4-10,5-11)13-8(14)6-2-3-7(12)15-6/h2-3H,4-5H2,1H3,(H,13,14). The SMILES string of the molecule is CC(CCl)(CCl)NC(=O)c1ccc(Cl)o1. The van der Waals surface area contributed by atoms with Crippen molar-refractivity contribution in [3.8, 4) is 0 Å².